The van der Waals surface area contributed by atoms with Gasteiger partial charge in [-0.1, -0.05) is 18.2 Å². The number of aryl methyl sites for hydroxylation is 2. The molecule has 1 heterocycles. The standard InChI is InChI=1S/C13H13NO3S/c1-17-12-5-3-2-4-9(12)6-7-10-8-11(13(15)16)14-18-10/h2-5,8H,6-7H2,1H3,(H,15,16). The maximum atomic E-state index is 10.7. The molecule has 5 heteroatoms. The number of para-hydroxylation sites is 1. The number of aromatic nitrogens is 1. The minimum Gasteiger partial charge on any atom is -0.496 e. The van der Waals surface area contributed by atoms with E-state index in [2.05, 4.69) is 4.37 Å². The third kappa shape index (κ3) is 2.87. The number of hydrogen-bond acceptors (Lipinski definition) is 4. The van der Waals surface area contributed by atoms with E-state index in [4.69, 9.17) is 9.84 Å². The van der Waals surface area contributed by atoms with E-state index in [1.165, 1.54) is 11.5 Å². The molecule has 0 fully saturated rings. The molecule has 0 saturated carbocycles. The molecule has 1 N–H and O–H groups in total. The quantitative estimate of drug-likeness (QED) is 0.901. The van der Waals surface area contributed by atoms with Gasteiger partial charge < -0.3 is 9.84 Å². The summed E-state index contributed by atoms with van der Waals surface area (Å²) in [7, 11) is 1.65. The second kappa shape index (κ2) is 5.64. The molecule has 4 nitrogen and oxygen atoms in total. The number of methoxy groups -OCH3 is 1. The number of benzene rings is 1. The summed E-state index contributed by atoms with van der Waals surface area (Å²) in [4.78, 5) is 11.7. The Hall–Kier alpha value is -1.88. The summed E-state index contributed by atoms with van der Waals surface area (Å²) in [6, 6.07) is 9.45. The molecule has 0 aliphatic rings. The number of carbonyl (C=O) groups is 1. The van der Waals surface area contributed by atoms with Crippen molar-refractivity contribution in [2.24, 2.45) is 0 Å². The van der Waals surface area contributed by atoms with Crippen LogP contribution in [0.5, 0.6) is 5.75 Å². The first-order chi connectivity index (χ1) is 8.70. The lowest BCUT2D eigenvalue weighted by molar-refractivity contribution is 0.0692. The molecular formula is C13H13NO3S. The smallest absolute Gasteiger partial charge is 0.355 e. The number of ether oxygens (including phenoxy) is 1. The Labute approximate surface area is 109 Å². The lowest BCUT2D eigenvalue weighted by Gasteiger charge is -2.06. The van der Waals surface area contributed by atoms with Gasteiger partial charge in [0.15, 0.2) is 5.69 Å². The molecule has 0 radical (unpaired) electrons. The highest BCUT2D eigenvalue weighted by molar-refractivity contribution is 7.05. The second-order valence-corrected chi connectivity index (χ2v) is 4.68. The Balaban J connectivity index is 2.04. The SMILES string of the molecule is COc1ccccc1CCc1cc(C(=O)O)ns1. The van der Waals surface area contributed by atoms with Crippen LogP contribution in [-0.4, -0.2) is 22.6 Å². The number of carboxylic acids is 1. The van der Waals surface area contributed by atoms with E-state index in [0.717, 1.165) is 29.0 Å². The monoisotopic (exact) mass is 263 g/mol. The number of aromatic carboxylic acids is 1. The van der Waals surface area contributed by atoms with Crippen LogP contribution in [0.3, 0.4) is 0 Å². The summed E-state index contributed by atoms with van der Waals surface area (Å²) in [6.07, 6.45) is 1.58. The summed E-state index contributed by atoms with van der Waals surface area (Å²) in [5, 5.41) is 8.79. The Morgan fingerprint density at radius 2 is 2.17 bits per heavy atom. The zero-order valence-electron chi connectivity index (χ0n) is 9.92. The number of rotatable bonds is 5. The predicted molar refractivity (Wildman–Crippen MR) is 69.5 cm³/mol. The molecule has 0 atom stereocenters. The van der Waals surface area contributed by atoms with Gasteiger partial charge in [0, 0.05) is 4.88 Å². The van der Waals surface area contributed by atoms with Crippen molar-refractivity contribution >= 4 is 17.5 Å². The third-order valence-corrected chi connectivity index (χ3v) is 3.46. The Kier molecular flexibility index (Phi) is 3.94. The minimum absolute atomic E-state index is 0.120. The van der Waals surface area contributed by atoms with Gasteiger partial charge in [0.05, 0.1) is 7.11 Å². The summed E-state index contributed by atoms with van der Waals surface area (Å²) in [5.74, 6) is -0.115. The lowest BCUT2D eigenvalue weighted by Crippen LogP contribution is -1.95. The summed E-state index contributed by atoms with van der Waals surface area (Å²) in [5.41, 5.74) is 1.24. The van der Waals surface area contributed by atoms with Crippen LogP contribution in [0.1, 0.15) is 20.9 Å². The fraction of sp³-hybridized carbons (Fsp3) is 0.231. The average molecular weight is 263 g/mol. The summed E-state index contributed by atoms with van der Waals surface area (Å²) in [6.45, 7) is 0. The lowest BCUT2D eigenvalue weighted by atomic mass is 10.1. The van der Waals surface area contributed by atoms with Gasteiger partial charge in [-0.2, -0.15) is 4.37 Å². The number of hydrogen-bond donors (Lipinski definition) is 1. The molecule has 18 heavy (non-hydrogen) atoms. The normalized spacial score (nSPS) is 10.3. The van der Waals surface area contributed by atoms with Crippen LogP contribution in [-0.2, 0) is 12.8 Å². The first-order valence-corrected chi connectivity index (χ1v) is 6.29. The number of nitrogens with zero attached hydrogens (tertiary/aromatic N) is 1. The molecule has 0 bridgehead atoms. The highest BCUT2D eigenvalue weighted by Gasteiger charge is 2.09. The molecule has 0 spiro atoms. The van der Waals surface area contributed by atoms with Gasteiger partial charge in [-0.3, -0.25) is 0 Å². The highest BCUT2D eigenvalue weighted by Crippen LogP contribution is 2.20. The highest BCUT2D eigenvalue weighted by atomic mass is 32.1. The van der Waals surface area contributed by atoms with Crippen molar-refractivity contribution in [3.05, 3.63) is 46.5 Å². The van der Waals surface area contributed by atoms with E-state index >= 15 is 0 Å². The number of carboxylic acid groups (broad SMARTS) is 1. The predicted octanol–water partition coefficient (Wildman–Crippen LogP) is 2.64. The first-order valence-electron chi connectivity index (χ1n) is 5.51. The molecule has 2 rings (SSSR count). The largest absolute Gasteiger partial charge is 0.496 e. The second-order valence-electron chi connectivity index (χ2n) is 3.80. The van der Waals surface area contributed by atoms with E-state index in [9.17, 15) is 4.79 Å². The van der Waals surface area contributed by atoms with Crippen molar-refractivity contribution in [2.75, 3.05) is 7.11 Å². The van der Waals surface area contributed by atoms with Gasteiger partial charge in [0.25, 0.3) is 0 Å². The van der Waals surface area contributed by atoms with Crippen LogP contribution in [0.25, 0.3) is 0 Å². The molecule has 0 amide bonds. The van der Waals surface area contributed by atoms with Gasteiger partial charge >= 0.3 is 5.97 Å². The fourth-order valence-corrected chi connectivity index (χ4v) is 2.40. The molecule has 0 unspecified atom stereocenters. The van der Waals surface area contributed by atoms with Crippen molar-refractivity contribution in [2.45, 2.75) is 12.8 Å². The summed E-state index contributed by atoms with van der Waals surface area (Å²) >= 11 is 1.24. The van der Waals surface area contributed by atoms with E-state index < -0.39 is 5.97 Å². The molecule has 0 aliphatic carbocycles. The van der Waals surface area contributed by atoms with Gasteiger partial charge in [-0.25, -0.2) is 4.79 Å². The fourth-order valence-electron chi connectivity index (χ4n) is 1.70. The van der Waals surface area contributed by atoms with Crippen LogP contribution in [0.15, 0.2) is 30.3 Å². The molecule has 2 aromatic rings. The summed E-state index contributed by atoms with van der Waals surface area (Å²) < 4.78 is 9.15. The van der Waals surface area contributed by atoms with E-state index in [-0.39, 0.29) is 5.69 Å². The van der Waals surface area contributed by atoms with Crippen LogP contribution >= 0.6 is 11.5 Å². The Morgan fingerprint density at radius 3 is 2.83 bits per heavy atom. The maximum Gasteiger partial charge on any atom is 0.355 e. The zero-order valence-corrected chi connectivity index (χ0v) is 10.7. The first kappa shape index (κ1) is 12.6. The minimum atomic E-state index is -0.977. The van der Waals surface area contributed by atoms with Crippen molar-refractivity contribution in [3.8, 4) is 5.75 Å². The van der Waals surface area contributed by atoms with E-state index in [0.29, 0.717) is 0 Å². The van der Waals surface area contributed by atoms with Crippen LogP contribution in [0, 0.1) is 0 Å². The van der Waals surface area contributed by atoms with Crippen molar-refractivity contribution in [1.29, 1.82) is 0 Å². The average Bonchev–Trinajstić information content (AvgIpc) is 2.85. The maximum absolute atomic E-state index is 10.7. The van der Waals surface area contributed by atoms with Gasteiger partial charge in [-0.05, 0) is 42.1 Å². The van der Waals surface area contributed by atoms with Crippen LogP contribution in [0.2, 0.25) is 0 Å². The molecule has 0 aliphatic heterocycles. The van der Waals surface area contributed by atoms with Crippen LogP contribution < -0.4 is 4.74 Å². The van der Waals surface area contributed by atoms with Gasteiger partial charge in [0.2, 0.25) is 0 Å². The van der Waals surface area contributed by atoms with Crippen LogP contribution in [0.4, 0.5) is 0 Å². The molecule has 0 saturated heterocycles. The van der Waals surface area contributed by atoms with Crippen molar-refractivity contribution < 1.29 is 14.6 Å². The third-order valence-electron chi connectivity index (χ3n) is 2.61. The molecule has 94 valence electrons. The molecule has 1 aromatic heterocycles. The van der Waals surface area contributed by atoms with Gasteiger partial charge in [0.1, 0.15) is 5.75 Å². The zero-order chi connectivity index (χ0) is 13.0. The van der Waals surface area contributed by atoms with Crippen molar-refractivity contribution in [3.63, 3.8) is 0 Å². The Morgan fingerprint density at radius 1 is 1.39 bits per heavy atom. The molecular weight excluding hydrogens is 250 g/mol. The Bertz CT molecular complexity index is 551. The van der Waals surface area contributed by atoms with Gasteiger partial charge in [-0.15, -0.1) is 0 Å². The van der Waals surface area contributed by atoms with E-state index in [1.54, 1.807) is 13.2 Å². The van der Waals surface area contributed by atoms with Crippen molar-refractivity contribution in [1.82, 2.24) is 4.37 Å². The van der Waals surface area contributed by atoms with E-state index in [1.807, 2.05) is 24.3 Å². The molecule has 1 aromatic carbocycles. The topological polar surface area (TPSA) is 59.4 Å².